The molecule has 4 rings (SSSR count). The standard InChI is InChI=1S/C30H38N2O4.2BrH/c33-27-11-10-22(18-28(27)34)12-15-31-14-6-1-2-7-16-32-17-13-24-19-29(35)30(36)20-25(24)26(21-32)23-8-4-3-5-9-23;;/h3-5,8-11,18-20,26,31,33-36H,1-2,6-7,12-17,21H2;2*1H/t26-;;/m0../s1. The zero-order valence-electron chi connectivity index (χ0n) is 21.7. The van der Waals surface area contributed by atoms with Gasteiger partial charge in [0.05, 0.1) is 0 Å². The molecule has 1 heterocycles. The van der Waals surface area contributed by atoms with Crippen LogP contribution in [-0.2, 0) is 12.8 Å². The molecule has 1 aliphatic rings. The number of phenolic OH excluding ortho intramolecular Hbond substituents is 4. The lowest BCUT2D eigenvalue weighted by molar-refractivity contribution is 0.269. The van der Waals surface area contributed by atoms with Crippen molar-refractivity contribution in [1.82, 2.24) is 10.2 Å². The summed E-state index contributed by atoms with van der Waals surface area (Å²) in [6.45, 7) is 4.74. The Balaban J connectivity index is 0.00000253. The number of hydrogen-bond acceptors (Lipinski definition) is 6. The zero-order chi connectivity index (χ0) is 25.3. The van der Waals surface area contributed by atoms with Crippen molar-refractivity contribution in [3.05, 3.63) is 82.9 Å². The first-order chi connectivity index (χ1) is 17.5. The molecule has 0 aliphatic carbocycles. The molecule has 0 saturated carbocycles. The molecular weight excluding hydrogens is 612 g/mol. The van der Waals surface area contributed by atoms with Crippen LogP contribution in [-0.4, -0.2) is 58.0 Å². The fourth-order valence-corrected chi connectivity index (χ4v) is 5.10. The molecule has 38 heavy (non-hydrogen) atoms. The molecule has 0 bridgehead atoms. The first-order valence-corrected chi connectivity index (χ1v) is 13.0. The second-order valence-corrected chi connectivity index (χ2v) is 9.79. The Morgan fingerprint density at radius 3 is 2.21 bits per heavy atom. The third-order valence-corrected chi connectivity index (χ3v) is 7.16. The van der Waals surface area contributed by atoms with Crippen molar-refractivity contribution >= 4 is 34.0 Å². The number of nitrogens with one attached hydrogen (secondary N) is 1. The largest absolute Gasteiger partial charge is 0.504 e. The summed E-state index contributed by atoms with van der Waals surface area (Å²) >= 11 is 0. The predicted molar refractivity (Wildman–Crippen MR) is 164 cm³/mol. The summed E-state index contributed by atoms with van der Waals surface area (Å²) in [6, 6.07) is 18.9. The maximum absolute atomic E-state index is 10.2. The smallest absolute Gasteiger partial charge is 0.157 e. The fourth-order valence-electron chi connectivity index (χ4n) is 5.10. The summed E-state index contributed by atoms with van der Waals surface area (Å²) in [5, 5.41) is 42.7. The summed E-state index contributed by atoms with van der Waals surface area (Å²) in [6.07, 6.45) is 6.36. The molecule has 6 nitrogen and oxygen atoms in total. The second kappa shape index (κ2) is 16.0. The lowest BCUT2D eigenvalue weighted by atomic mass is 9.87. The minimum atomic E-state index is -0.0781. The highest BCUT2D eigenvalue weighted by molar-refractivity contribution is 8.93. The van der Waals surface area contributed by atoms with Gasteiger partial charge in [-0.2, -0.15) is 0 Å². The molecule has 0 unspecified atom stereocenters. The third kappa shape index (κ3) is 8.90. The molecule has 0 radical (unpaired) electrons. The van der Waals surface area contributed by atoms with E-state index in [1.54, 1.807) is 18.2 Å². The summed E-state index contributed by atoms with van der Waals surface area (Å²) in [4.78, 5) is 2.52. The normalized spacial score (nSPS) is 15.1. The average molecular weight is 652 g/mol. The molecule has 0 amide bonds. The van der Waals surface area contributed by atoms with Gasteiger partial charge in [0, 0.05) is 19.0 Å². The van der Waals surface area contributed by atoms with E-state index in [0.717, 1.165) is 75.1 Å². The minimum Gasteiger partial charge on any atom is -0.504 e. The number of unbranched alkanes of at least 4 members (excludes halogenated alkanes) is 3. The maximum Gasteiger partial charge on any atom is 0.157 e. The van der Waals surface area contributed by atoms with E-state index in [1.165, 1.54) is 24.5 Å². The number of aromatic hydroxyl groups is 4. The Hall–Kier alpha value is -2.26. The molecule has 5 N–H and O–H groups in total. The van der Waals surface area contributed by atoms with Gasteiger partial charge < -0.3 is 30.6 Å². The van der Waals surface area contributed by atoms with Crippen molar-refractivity contribution in [2.45, 2.75) is 44.4 Å². The molecule has 1 atom stereocenters. The number of rotatable bonds is 11. The van der Waals surface area contributed by atoms with E-state index >= 15 is 0 Å². The molecule has 3 aromatic carbocycles. The van der Waals surface area contributed by atoms with E-state index in [-0.39, 0.29) is 62.9 Å². The van der Waals surface area contributed by atoms with Crippen LogP contribution in [0.4, 0.5) is 0 Å². The van der Waals surface area contributed by atoms with Crippen LogP contribution in [0.1, 0.15) is 53.9 Å². The van der Waals surface area contributed by atoms with Crippen LogP contribution in [0.15, 0.2) is 60.7 Å². The Labute approximate surface area is 246 Å². The highest BCUT2D eigenvalue weighted by atomic mass is 79.9. The first-order valence-electron chi connectivity index (χ1n) is 13.0. The van der Waals surface area contributed by atoms with Crippen LogP contribution in [0, 0.1) is 0 Å². The average Bonchev–Trinajstić information content (AvgIpc) is 3.05. The monoisotopic (exact) mass is 650 g/mol. The van der Waals surface area contributed by atoms with E-state index in [1.807, 2.05) is 12.1 Å². The minimum absolute atomic E-state index is 0. The van der Waals surface area contributed by atoms with Crippen LogP contribution < -0.4 is 5.32 Å². The lowest BCUT2D eigenvalue weighted by Gasteiger charge is -2.25. The molecule has 1 aliphatic heterocycles. The van der Waals surface area contributed by atoms with Crippen molar-refractivity contribution in [2.75, 3.05) is 32.7 Å². The Bertz CT molecular complexity index is 1130. The highest BCUT2D eigenvalue weighted by Crippen LogP contribution is 2.37. The van der Waals surface area contributed by atoms with E-state index in [2.05, 4.69) is 34.5 Å². The summed E-state index contributed by atoms with van der Waals surface area (Å²) in [5.41, 5.74) is 4.49. The van der Waals surface area contributed by atoms with Crippen molar-refractivity contribution in [3.63, 3.8) is 0 Å². The van der Waals surface area contributed by atoms with Crippen molar-refractivity contribution in [2.24, 2.45) is 0 Å². The molecule has 3 aromatic rings. The van der Waals surface area contributed by atoms with Gasteiger partial charge in [-0.1, -0.05) is 49.2 Å². The van der Waals surface area contributed by atoms with Gasteiger partial charge >= 0.3 is 0 Å². The Morgan fingerprint density at radius 2 is 1.45 bits per heavy atom. The number of nitrogens with zero attached hydrogens (tertiary/aromatic N) is 1. The van der Waals surface area contributed by atoms with Gasteiger partial charge in [-0.15, -0.1) is 34.0 Å². The van der Waals surface area contributed by atoms with E-state index in [9.17, 15) is 20.4 Å². The predicted octanol–water partition coefficient (Wildman–Crippen LogP) is 6.05. The maximum atomic E-state index is 10.2. The van der Waals surface area contributed by atoms with Crippen LogP contribution in [0.2, 0.25) is 0 Å². The third-order valence-electron chi connectivity index (χ3n) is 7.16. The Kier molecular flexibility index (Phi) is 13.4. The van der Waals surface area contributed by atoms with Gasteiger partial charge in [-0.05, 0) is 91.8 Å². The molecule has 0 fully saturated rings. The van der Waals surface area contributed by atoms with E-state index in [0.29, 0.717) is 0 Å². The molecular formula is C30H40Br2N2O4. The second-order valence-electron chi connectivity index (χ2n) is 9.79. The molecule has 8 heteroatoms. The first kappa shape index (κ1) is 32.0. The van der Waals surface area contributed by atoms with Crippen molar-refractivity contribution in [1.29, 1.82) is 0 Å². The van der Waals surface area contributed by atoms with Crippen LogP contribution in [0.5, 0.6) is 23.0 Å². The Morgan fingerprint density at radius 1 is 0.737 bits per heavy atom. The van der Waals surface area contributed by atoms with Crippen molar-refractivity contribution < 1.29 is 20.4 Å². The summed E-state index contributed by atoms with van der Waals surface area (Å²) in [5.74, 6) is -0.0468. The van der Waals surface area contributed by atoms with Gasteiger partial charge in [0.15, 0.2) is 23.0 Å². The van der Waals surface area contributed by atoms with Gasteiger partial charge in [0.1, 0.15) is 0 Å². The number of fused-ring (bicyclic) bond motifs is 1. The number of benzene rings is 3. The van der Waals surface area contributed by atoms with Gasteiger partial charge in [-0.25, -0.2) is 0 Å². The topological polar surface area (TPSA) is 96.2 Å². The summed E-state index contributed by atoms with van der Waals surface area (Å²) in [7, 11) is 0. The van der Waals surface area contributed by atoms with E-state index < -0.39 is 0 Å². The molecule has 0 aromatic heterocycles. The SMILES string of the molecule is Br.Br.Oc1ccc(CCNCCCCCCN2CCc3cc(O)c(O)cc3[C@H](c3ccccc3)C2)cc1O. The highest BCUT2D eigenvalue weighted by Gasteiger charge is 2.25. The van der Waals surface area contributed by atoms with Crippen LogP contribution >= 0.6 is 34.0 Å². The molecule has 0 saturated heterocycles. The van der Waals surface area contributed by atoms with Crippen molar-refractivity contribution in [3.8, 4) is 23.0 Å². The quantitative estimate of drug-likeness (QED) is 0.128. The van der Waals surface area contributed by atoms with Gasteiger partial charge in [0.25, 0.3) is 0 Å². The van der Waals surface area contributed by atoms with Gasteiger partial charge in [0.2, 0.25) is 0 Å². The van der Waals surface area contributed by atoms with Gasteiger partial charge in [-0.3, -0.25) is 0 Å². The lowest BCUT2D eigenvalue weighted by Crippen LogP contribution is -2.30. The zero-order valence-corrected chi connectivity index (χ0v) is 25.1. The van der Waals surface area contributed by atoms with E-state index in [4.69, 9.17) is 0 Å². The number of phenols is 4. The fraction of sp³-hybridized carbons (Fsp3) is 0.400. The molecule has 0 spiro atoms. The number of halogens is 2. The number of hydrogen-bond donors (Lipinski definition) is 5. The van der Waals surface area contributed by atoms with Crippen LogP contribution in [0.25, 0.3) is 0 Å². The van der Waals surface area contributed by atoms with Crippen LogP contribution in [0.3, 0.4) is 0 Å². The summed E-state index contributed by atoms with van der Waals surface area (Å²) < 4.78 is 0. The molecule has 208 valence electrons.